The molecule has 2 aliphatic rings. The smallest absolute Gasteiger partial charge is 0.314 e. The van der Waals surface area contributed by atoms with Gasteiger partial charge in [-0.25, -0.2) is 4.79 Å². The van der Waals surface area contributed by atoms with Crippen LogP contribution in [-0.4, -0.2) is 21.7 Å². The summed E-state index contributed by atoms with van der Waals surface area (Å²) in [6, 6.07) is 1.11. The Bertz CT molecular complexity index is 424. The van der Waals surface area contributed by atoms with Crippen LogP contribution in [0.25, 0.3) is 0 Å². The van der Waals surface area contributed by atoms with Crippen LogP contribution in [0, 0.1) is 0 Å². The summed E-state index contributed by atoms with van der Waals surface area (Å²) in [7, 11) is 0. The van der Waals surface area contributed by atoms with Gasteiger partial charge < -0.3 is 5.32 Å². The third-order valence-corrected chi connectivity index (χ3v) is 3.94. The van der Waals surface area contributed by atoms with Gasteiger partial charge >= 0.3 is 5.69 Å². The average molecular weight is 235 g/mol. The molecule has 2 heterocycles. The first-order valence-corrected chi connectivity index (χ1v) is 6.85. The number of nitrogens with zero attached hydrogens (tertiary/aromatic N) is 2. The Morgan fingerprint density at radius 1 is 1.24 bits per heavy atom. The van der Waals surface area contributed by atoms with Gasteiger partial charge in [-0.3, -0.25) is 9.13 Å². The first kappa shape index (κ1) is 11.1. The molecule has 1 unspecified atom stereocenters. The van der Waals surface area contributed by atoms with Gasteiger partial charge in [0.25, 0.3) is 0 Å². The largest absolute Gasteiger partial charge is 0.328 e. The second-order valence-corrected chi connectivity index (χ2v) is 5.35. The number of hydrogen-bond acceptors (Lipinski definition) is 2. The van der Waals surface area contributed by atoms with Crippen molar-refractivity contribution in [2.24, 2.45) is 0 Å². The van der Waals surface area contributed by atoms with Crippen LogP contribution in [-0.2, 0) is 6.54 Å². The van der Waals surface area contributed by atoms with Crippen molar-refractivity contribution in [2.45, 2.75) is 57.2 Å². The Kier molecular flexibility index (Phi) is 3.05. The average Bonchev–Trinajstić information content (AvgIpc) is 3.13. The van der Waals surface area contributed by atoms with E-state index in [2.05, 4.69) is 5.32 Å². The molecule has 1 aromatic heterocycles. The minimum atomic E-state index is 0.184. The van der Waals surface area contributed by atoms with Crippen molar-refractivity contribution in [1.82, 2.24) is 14.5 Å². The van der Waals surface area contributed by atoms with Crippen LogP contribution >= 0.6 is 0 Å². The van der Waals surface area contributed by atoms with Crippen molar-refractivity contribution < 1.29 is 0 Å². The molecular weight excluding hydrogens is 214 g/mol. The predicted octanol–water partition coefficient (Wildman–Crippen LogP) is 1.52. The number of nitrogens with one attached hydrogen (secondary N) is 1. The van der Waals surface area contributed by atoms with Gasteiger partial charge in [0, 0.05) is 31.0 Å². The van der Waals surface area contributed by atoms with E-state index in [1.807, 2.05) is 21.5 Å². The normalized spacial score (nSPS) is 25.1. The second-order valence-electron chi connectivity index (χ2n) is 5.35. The van der Waals surface area contributed by atoms with E-state index in [0.717, 1.165) is 19.5 Å². The fourth-order valence-corrected chi connectivity index (χ4v) is 2.69. The van der Waals surface area contributed by atoms with E-state index < -0.39 is 0 Å². The Hall–Kier alpha value is -1.03. The Morgan fingerprint density at radius 2 is 2.12 bits per heavy atom. The number of hydrogen-bond donors (Lipinski definition) is 1. The molecule has 94 valence electrons. The highest BCUT2D eigenvalue weighted by molar-refractivity contribution is 4.91. The molecule has 4 nitrogen and oxygen atoms in total. The van der Waals surface area contributed by atoms with Crippen LogP contribution in [0.5, 0.6) is 0 Å². The van der Waals surface area contributed by atoms with E-state index in [-0.39, 0.29) is 5.69 Å². The van der Waals surface area contributed by atoms with Crippen molar-refractivity contribution in [2.75, 3.05) is 6.54 Å². The van der Waals surface area contributed by atoms with Crippen LogP contribution in [0.4, 0.5) is 0 Å². The van der Waals surface area contributed by atoms with Gasteiger partial charge in [-0.05, 0) is 38.6 Å². The fraction of sp³-hybridized carbons (Fsp3) is 0.769. The molecule has 1 aliphatic carbocycles. The van der Waals surface area contributed by atoms with Gasteiger partial charge in [0.1, 0.15) is 0 Å². The van der Waals surface area contributed by atoms with Gasteiger partial charge in [-0.1, -0.05) is 6.42 Å². The lowest BCUT2D eigenvalue weighted by Crippen LogP contribution is -2.35. The third-order valence-electron chi connectivity index (χ3n) is 3.94. The van der Waals surface area contributed by atoms with Gasteiger partial charge in [0.15, 0.2) is 0 Å². The molecule has 0 spiro atoms. The zero-order valence-corrected chi connectivity index (χ0v) is 10.3. The first-order chi connectivity index (χ1) is 8.34. The lowest BCUT2D eigenvalue weighted by molar-refractivity contribution is 0.364. The molecule has 1 atom stereocenters. The highest BCUT2D eigenvalue weighted by Crippen LogP contribution is 2.33. The maximum atomic E-state index is 12.0. The molecule has 0 radical (unpaired) electrons. The standard InChI is InChI=1S/C13H21N3O/c17-13-15(9-10-16(13)12-4-5-12)8-6-11-3-1-2-7-14-11/h9-12,14H,1-8H2. The Balaban J connectivity index is 1.59. The van der Waals surface area contributed by atoms with E-state index in [1.54, 1.807) is 0 Å². The highest BCUT2D eigenvalue weighted by Gasteiger charge is 2.25. The van der Waals surface area contributed by atoms with Crippen LogP contribution < -0.4 is 11.0 Å². The topological polar surface area (TPSA) is 39.0 Å². The molecule has 17 heavy (non-hydrogen) atoms. The minimum absolute atomic E-state index is 0.184. The molecule has 3 rings (SSSR count). The summed E-state index contributed by atoms with van der Waals surface area (Å²) in [6.45, 7) is 2.00. The minimum Gasteiger partial charge on any atom is -0.314 e. The SMILES string of the molecule is O=c1n(CCC2CCCCN2)ccn1C1CC1. The number of imidazole rings is 1. The lowest BCUT2D eigenvalue weighted by Gasteiger charge is -2.23. The maximum Gasteiger partial charge on any atom is 0.328 e. The molecular formula is C13H21N3O. The molecule has 0 aromatic carbocycles. The molecule has 1 saturated carbocycles. The summed E-state index contributed by atoms with van der Waals surface area (Å²) in [4.78, 5) is 12.0. The van der Waals surface area contributed by atoms with Crippen molar-refractivity contribution in [3.8, 4) is 0 Å². The lowest BCUT2D eigenvalue weighted by atomic mass is 10.0. The molecule has 1 N–H and O–H groups in total. The van der Waals surface area contributed by atoms with Crippen molar-refractivity contribution in [3.63, 3.8) is 0 Å². The van der Waals surface area contributed by atoms with Crippen molar-refractivity contribution >= 4 is 0 Å². The van der Waals surface area contributed by atoms with Crippen LogP contribution in [0.15, 0.2) is 17.2 Å². The molecule has 1 aliphatic heterocycles. The summed E-state index contributed by atoms with van der Waals surface area (Å²) in [5.41, 5.74) is 0.184. The summed E-state index contributed by atoms with van der Waals surface area (Å²) in [6.07, 6.45) is 11.2. The Morgan fingerprint density at radius 3 is 2.82 bits per heavy atom. The van der Waals surface area contributed by atoms with Gasteiger partial charge in [0.2, 0.25) is 0 Å². The summed E-state index contributed by atoms with van der Waals surface area (Å²) >= 11 is 0. The summed E-state index contributed by atoms with van der Waals surface area (Å²) in [5, 5.41) is 3.53. The monoisotopic (exact) mass is 235 g/mol. The molecule has 0 bridgehead atoms. The number of aryl methyl sites for hydroxylation is 1. The van der Waals surface area contributed by atoms with Gasteiger partial charge in [-0.2, -0.15) is 0 Å². The van der Waals surface area contributed by atoms with E-state index in [1.165, 1.54) is 32.1 Å². The number of rotatable bonds is 4. The second kappa shape index (κ2) is 4.69. The Labute approximate surface area is 102 Å². The molecule has 2 fully saturated rings. The number of aromatic nitrogens is 2. The predicted molar refractivity (Wildman–Crippen MR) is 67.2 cm³/mol. The molecule has 1 saturated heterocycles. The zero-order valence-electron chi connectivity index (χ0n) is 10.3. The summed E-state index contributed by atoms with van der Waals surface area (Å²) < 4.78 is 3.77. The fourth-order valence-electron chi connectivity index (χ4n) is 2.69. The number of piperidine rings is 1. The maximum absolute atomic E-state index is 12.0. The first-order valence-electron chi connectivity index (χ1n) is 6.85. The van der Waals surface area contributed by atoms with Crippen molar-refractivity contribution in [3.05, 3.63) is 22.9 Å². The molecule has 1 aromatic rings. The highest BCUT2D eigenvalue weighted by atomic mass is 16.1. The third kappa shape index (κ3) is 2.46. The van der Waals surface area contributed by atoms with E-state index in [0.29, 0.717) is 12.1 Å². The zero-order chi connectivity index (χ0) is 11.7. The quantitative estimate of drug-likeness (QED) is 0.859. The van der Waals surface area contributed by atoms with Gasteiger partial charge in [0.05, 0.1) is 0 Å². The van der Waals surface area contributed by atoms with Crippen LogP contribution in [0.1, 0.15) is 44.6 Å². The van der Waals surface area contributed by atoms with E-state index in [9.17, 15) is 4.79 Å². The van der Waals surface area contributed by atoms with Crippen LogP contribution in [0.3, 0.4) is 0 Å². The van der Waals surface area contributed by atoms with Crippen molar-refractivity contribution in [1.29, 1.82) is 0 Å². The van der Waals surface area contributed by atoms with Gasteiger partial charge in [-0.15, -0.1) is 0 Å². The molecule has 0 amide bonds. The summed E-state index contributed by atoms with van der Waals surface area (Å²) in [5.74, 6) is 0. The van der Waals surface area contributed by atoms with E-state index >= 15 is 0 Å². The molecule has 4 heteroatoms. The van der Waals surface area contributed by atoms with E-state index in [4.69, 9.17) is 0 Å². The van der Waals surface area contributed by atoms with Crippen LogP contribution in [0.2, 0.25) is 0 Å².